The number of nitrogens with one attached hydrogen (secondary N) is 2. The van der Waals surface area contributed by atoms with Crippen LogP contribution in [0, 0.1) is 0 Å². The van der Waals surface area contributed by atoms with Gasteiger partial charge in [-0.2, -0.15) is 4.98 Å². The molecule has 0 saturated carbocycles. The molecule has 130 valence electrons. The standard InChI is InChI=1S/C17H16ClN3O4/c1-9(2)19-17-21-12(8-25-17)11-7-13(23)10-3-4-14(24-6-5-22)15(18)16(10)20-11/h3-5,7-9H,6H2,1-2H3,(H,19,21)(H,20,23). The molecular formula is C17H16ClN3O4. The lowest BCUT2D eigenvalue weighted by Crippen LogP contribution is -2.09. The summed E-state index contributed by atoms with van der Waals surface area (Å²) >= 11 is 6.32. The zero-order valence-corrected chi connectivity index (χ0v) is 14.4. The SMILES string of the molecule is CC(C)Nc1nc(-c2cc(=O)c3ccc(OCC=O)c(Cl)c3[nH]2)co1. The first-order chi connectivity index (χ1) is 12.0. The smallest absolute Gasteiger partial charge is 0.295 e. The Hall–Kier alpha value is -2.80. The van der Waals surface area contributed by atoms with Crippen LogP contribution in [0.2, 0.25) is 5.02 Å². The van der Waals surface area contributed by atoms with Gasteiger partial charge in [0.15, 0.2) is 11.7 Å². The molecule has 0 atom stereocenters. The number of rotatable bonds is 6. The van der Waals surface area contributed by atoms with Gasteiger partial charge in [-0.15, -0.1) is 0 Å². The molecule has 0 aliphatic heterocycles. The Morgan fingerprint density at radius 3 is 2.96 bits per heavy atom. The molecule has 7 nitrogen and oxygen atoms in total. The van der Waals surface area contributed by atoms with Gasteiger partial charge in [0.25, 0.3) is 6.01 Å². The van der Waals surface area contributed by atoms with Crippen molar-refractivity contribution in [3.8, 4) is 17.1 Å². The molecule has 2 heterocycles. The van der Waals surface area contributed by atoms with Crippen molar-refractivity contribution >= 4 is 34.8 Å². The average molecular weight is 362 g/mol. The second-order valence-electron chi connectivity index (χ2n) is 5.66. The monoisotopic (exact) mass is 361 g/mol. The molecule has 0 aliphatic carbocycles. The molecule has 8 heteroatoms. The van der Waals surface area contributed by atoms with Crippen LogP contribution in [-0.2, 0) is 4.79 Å². The van der Waals surface area contributed by atoms with Crippen molar-refractivity contribution in [3.63, 3.8) is 0 Å². The van der Waals surface area contributed by atoms with Gasteiger partial charge in [-0.1, -0.05) is 11.6 Å². The number of halogens is 1. The number of ether oxygens (including phenoxy) is 1. The maximum atomic E-state index is 12.4. The van der Waals surface area contributed by atoms with Gasteiger partial charge in [-0.25, -0.2) is 0 Å². The van der Waals surface area contributed by atoms with Crippen LogP contribution in [0.3, 0.4) is 0 Å². The fourth-order valence-corrected chi connectivity index (χ4v) is 2.61. The van der Waals surface area contributed by atoms with Crippen molar-refractivity contribution in [2.75, 3.05) is 11.9 Å². The Labute approximate surface area is 148 Å². The van der Waals surface area contributed by atoms with Crippen molar-refractivity contribution in [2.24, 2.45) is 0 Å². The summed E-state index contributed by atoms with van der Waals surface area (Å²) in [6.07, 6.45) is 2.07. The van der Waals surface area contributed by atoms with Crippen LogP contribution in [0.15, 0.2) is 33.7 Å². The van der Waals surface area contributed by atoms with Gasteiger partial charge in [0.05, 0.1) is 11.2 Å². The Balaban J connectivity index is 2.07. The summed E-state index contributed by atoms with van der Waals surface area (Å²) in [7, 11) is 0. The molecular weight excluding hydrogens is 346 g/mol. The van der Waals surface area contributed by atoms with Crippen molar-refractivity contribution in [1.29, 1.82) is 0 Å². The summed E-state index contributed by atoms with van der Waals surface area (Å²) in [5.41, 5.74) is 1.13. The Bertz CT molecular complexity index is 978. The number of fused-ring (bicyclic) bond motifs is 1. The number of carbonyl (C=O) groups excluding carboxylic acids is 1. The topological polar surface area (TPSA) is 97.2 Å². The number of aromatic amines is 1. The molecule has 3 aromatic rings. The summed E-state index contributed by atoms with van der Waals surface area (Å²) in [6, 6.07) is 5.11. The van der Waals surface area contributed by atoms with E-state index in [0.717, 1.165) is 0 Å². The summed E-state index contributed by atoms with van der Waals surface area (Å²) in [4.78, 5) is 30.2. The summed E-state index contributed by atoms with van der Waals surface area (Å²) in [5.74, 6) is 0.316. The summed E-state index contributed by atoms with van der Waals surface area (Å²) in [6.45, 7) is 3.80. The van der Waals surface area contributed by atoms with Crippen LogP contribution >= 0.6 is 11.6 Å². The highest BCUT2D eigenvalue weighted by molar-refractivity contribution is 6.36. The van der Waals surface area contributed by atoms with Gasteiger partial charge in [0.2, 0.25) is 0 Å². The zero-order valence-electron chi connectivity index (χ0n) is 13.6. The van der Waals surface area contributed by atoms with Gasteiger partial charge in [0, 0.05) is 17.5 Å². The van der Waals surface area contributed by atoms with Gasteiger partial charge in [0.1, 0.15) is 29.3 Å². The Morgan fingerprint density at radius 2 is 2.24 bits per heavy atom. The molecule has 0 unspecified atom stereocenters. The number of H-pyrrole nitrogens is 1. The van der Waals surface area contributed by atoms with E-state index in [1.54, 1.807) is 12.1 Å². The number of pyridine rings is 1. The Kier molecular flexibility index (Phi) is 4.76. The first-order valence-corrected chi connectivity index (χ1v) is 8.01. The van der Waals surface area contributed by atoms with Crippen LogP contribution in [0.1, 0.15) is 13.8 Å². The molecule has 0 spiro atoms. The van der Waals surface area contributed by atoms with E-state index in [4.69, 9.17) is 20.8 Å². The minimum atomic E-state index is -0.214. The second kappa shape index (κ2) is 6.98. The maximum Gasteiger partial charge on any atom is 0.295 e. The van der Waals surface area contributed by atoms with Crippen molar-refractivity contribution < 1.29 is 13.9 Å². The number of benzene rings is 1. The van der Waals surface area contributed by atoms with E-state index in [9.17, 15) is 9.59 Å². The number of hydrogen-bond donors (Lipinski definition) is 2. The van der Waals surface area contributed by atoms with E-state index in [0.29, 0.717) is 40.3 Å². The molecule has 0 bridgehead atoms. The van der Waals surface area contributed by atoms with Gasteiger partial charge < -0.3 is 19.5 Å². The zero-order chi connectivity index (χ0) is 18.0. The normalized spacial score (nSPS) is 11.0. The third kappa shape index (κ3) is 3.51. The molecule has 0 aliphatic rings. The Morgan fingerprint density at radius 1 is 1.44 bits per heavy atom. The van der Waals surface area contributed by atoms with Crippen LogP contribution in [0.4, 0.5) is 6.01 Å². The third-order valence-corrected chi connectivity index (χ3v) is 3.78. The molecule has 0 amide bonds. The van der Waals surface area contributed by atoms with Crippen LogP contribution in [0.5, 0.6) is 5.75 Å². The van der Waals surface area contributed by atoms with Gasteiger partial charge in [-0.3, -0.25) is 9.59 Å². The summed E-state index contributed by atoms with van der Waals surface area (Å²) < 4.78 is 10.6. The highest BCUT2D eigenvalue weighted by atomic mass is 35.5. The lowest BCUT2D eigenvalue weighted by molar-refractivity contribution is -0.109. The molecule has 2 aromatic heterocycles. The molecule has 0 fully saturated rings. The second-order valence-corrected chi connectivity index (χ2v) is 6.04. The lowest BCUT2D eigenvalue weighted by atomic mass is 10.1. The summed E-state index contributed by atoms with van der Waals surface area (Å²) in [5, 5.41) is 3.68. The number of oxazole rings is 1. The van der Waals surface area contributed by atoms with Crippen molar-refractivity contribution in [1.82, 2.24) is 9.97 Å². The van der Waals surface area contributed by atoms with E-state index in [1.165, 1.54) is 12.3 Å². The van der Waals surface area contributed by atoms with Crippen molar-refractivity contribution in [3.05, 3.63) is 39.7 Å². The van der Waals surface area contributed by atoms with Crippen molar-refractivity contribution in [2.45, 2.75) is 19.9 Å². The highest BCUT2D eigenvalue weighted by Crippen LogP contribution is 2.31. The number of aldehydes is 1. The third-order valence-electron chi connectivity index (χ3n) is 3.41. The first kappa shape index (κ1) is 17.0. The molecule has 3 rings (SSSR count). The first-order valence-electron chi connectivity index (χ1n) is 7.64. The molecule has 1 aromatic carbocycles. The van der Waals surface area contributed by atoms with E-state index in [1.807, 2.05) is 13.8 Å². The van der Waals surface area contributed by atoms with Crippen LogP contribution < -0.4 is 15.5 Å². The van der Waals surface area contributed by atoms with E-state index >= 15 is 0 Å². The highest BCUT2D eigenvalue weighted by Gasteiger charge is 2.14. The van der Waals surface area contributed by atoms with Crippen LogP contribution in [-0.4, -0.2) is 28.9 Å². The fourth-order valence-electron chi connectivity index (χ4n) is 2.35. The quantitative estimate of drug-likeness (QED) is 0.654. The number of carbonyl (C=O) groups is 1. The maximum absolute atomic E-state index is 12.4. The number of nitrogens with zero attached hydrogens (tertiary/aromatic N) is 1. The largest absolute Gasteiger partial charge is 0.485 e. The van der Waals surface area contributed by atoms with Crippen LogP contribution in [0.25, 0.3) is 22.3 Å². The number of hydrogen-bond acceptors (Lipinski definition) is 6. The van der Waals surface area contributed by atoms with E-state index in [-0.39, 0.29) is 23.1 Å². The predicted octanol–water partition coefficient (Wildman–Crippen LogP) is 3.23. The van der Waals surface area contributed by atoms with Gasteiger partial charge >= 0.3 is 0 Å². The minimum absolute atomic E-state index is 0.122. The fraction of sp³-hybridized carbons (Fsp3) is 0.235. The number of aromatic nitrogens is 2. The predicted molar refractivity (Wildman–Crippen MR) is 95.4 cm³/mol. The molecule has 0 radical (unpaired) electrons. The lowest BCUT2D eigenvalue weighted by Gasteiger charge is -2.09. The number of anilines is 1. The van der Waals surface area contributed by atoms with E-state index < -0.39 is 0 Å². The molecule has 2 N–H and O–H groups in total. The van der Waals surface area contributed by atoms with E-state index in [2.05, 4.69) is 15.3 Å². The minimum Gasteiger partial charge on any atom is -0.485 e. The van der Waals surface area contributed by atoms with Gasteiger partial charge in [-0.05, 0) is 26.0 Å². The molecule has 25 heavy (non-hydrogen) atoms. The molecule has 0 saturated heterocycles. The average Bonchev–Trinajstić information content (AvgIpc) is 3.02.